The lowest BCUT2D eigenvalue weighted by atomic mass is 9.89. The van der Waals surface area contributed by atoms with Gasteiger partial charge in [-0.15, -0.1) is 0 Å². The Morgan fingerprint density at radius 2 is 1.94 bits per heavy atom. The Labute approximate surface area is 187 Å². The van der Waals surface area contributed by atoms with Gasteiger partial charge >= 0.3 is 0 Å². The van der Waals surface area contributed by atoms with E-state index in [-0.39, 0.29) is 0 Å². The summed E-state index contributed by atoms with van der Waals surface area (Å²) in [6.07, 6.45) is 6.74. The van der Waals surface area contributed by atoms with Gasteiger partial charge in [-0.3, -0.25) is 9.88 Å². The Balaban J connectivity index is 1.29. The van der Waals surface area contributed by atoms with Crippen LogP contribution < -0.4 is 10.2 Å². The maximum atomic E-state index is 4.77. The third-order valence-corrected chi connectivity index (χ3v) is 7.65. The molecule has 31 heavy (non-hydrogen) atoms. The molecule has 1 saturated heterocycles. The van der Waals surface area contributed by atoms with Crippen molar-refractivity contribution < 1.29 is 0 Å². The molecule has 2 aromatic rings. The molecular weight excluding hydrogens is 382 g/mol. The van der Waals surface area contributed by atoms with E-state index in [0.717, 1.165) is 39.1 Å². The van der Waals surface area contributed by atoms with Crippen molar-refractivity contribution in [3.8, 4) is 0 Å². The fourth-order valence-corrected chi connectivity index (χ4v) is 5.81. The zero-order valence-electron chi connectivity index (χ0n) is 19.2. The third kappa shape index (κ3) is 4.36. The van der Waals surface area contributed by atoms with Gasteiger partial charge in [-0.25, -0.2) is 0 Å². The minimum atomic E-state index is 0.450. The number of hydrogen-bond donors (Lipinski definition) is 1. The second kappa shape index (κ2) is 9.27. The Morgan fingerprint density at radius 1 is 1.10 bits per heavy atom. The number of nitrogens with one attached hydrogen (secondary N) is 1. The second-order valence-corrected chi connectivity index (χ2v) is 9.51. The Kier molecular flexibility index (Phi) is 6.26. The fourth-order valence-electron chi connectivity index (χ4n) is 5.81. The summed E-state index contributed by atoms with van der Waals surface area (Å²) in [6, 6.07) is 12.2. The van der Waals surface area contributed by atoms with Crippen molar-refractivity contribution in [2.24, 2.45) is 0 Å². The molecule has 1 aliphatic carbocycles. The summed E-state index contributed by atoms with van der Waals surface area (Å²) in [5, 5.41) is 3.83. The molecule has 0 bridgehead atoms. The maximum absolute atomic E-state index is 4.77. The van der Waals surface area contributed by atoms with Gasteiger partial charge in [0.15, 0.2) is 0 Å². The van der Waals surface area contributed by atoms with E-state index < -0.39 is 0 Å². The average Bonchev–Trinajstić information content (AvgIpc) is 2.83. The van der Waals surface area contributed by atoms with Crippen molar-refractivity contribution in [1.82, 2.24) is 20.1 Å². The molecule has 1 aromatic heterocycles. The number of fused-ring (bicyclic) bond motifs is 2. The van der Waals surface area contributed by atoms with E-state index in [1.54, 1.807) is 5.56 Å². The number of aromatic nitrogens is 1. The van der Waals surface area contributed by atoms with Crippen LogP contribution in [0.3, 0.4) is 0 Å². The van der Waals surface area contributed by atoms with Crippen LogP contribution in [0, 0.1) is 0 Å². The molecule has 1 N–H and O–H groups in total. The minimum absolute atomic E-state index is 0.450. The van der Waals surface area contributed by atoms with Gasteiger partial charge in [0.2, 0.25) is 0 Å². The standard InChI is InChI=1S/C26H37N5/c1-3-30-13-15-31(16-14-30)24-10-5-8-21-18-28-22(17-23(21)24)19-29(2)25-11-4-7-20-9-6-12-27-26(20)25/h5-6,8-10,12,22,25,28H,3-4,7,11,13-19H2,1-2H3/t22-,25+/m1/s1. The van der Waals surface area contributed by atoms with Crippen molar-refractivity contribution >= 4 is 5.69 Å². The topological polar surface area (TPSA) is 34.6 Å². The summed E-state index contributed by atoms with van der Waals surface area (Å²) in [7, 11) is 2.29. The average molecular weight is 420 g/mol. The third-order valence-electron chi connectivity index (χ3n) is 7.65. The van der Waals surface area contributed by atoms with Crippen LogP contribution in [-0.4, -0.2) is 67.1 Å². The first-order chi connectivity index (χ1) is 15.2. The van der Waals surface area contributed by atoms with Crippen molar-refractivity contribution in [2.45, 2.75) is 51.2 Å². The van der Waals surface area contributed by atoms with Crippen LogP contribution in [0.2, 0.25) is 0 Å². The summed E-state index contributed by atoms with van der Waals surface area (Å²) in [6.45, 7) is 10.1. The number of aryl methyl sites for hydroxylation is 1. The highest BCUT2D eigenvalue weighted by atomic mass is 15.3. The van der Waals surface area contributed by atoms with Crippen molar-refractivity contribution in [3.63, 3.8) is 0 Å². The molecule has 1 aromatic carbocycles. The lowest BCUT2D eigenvalue weighted by Crippen LogP contribution is -2.48. The van der Waals surface area contributed by atoms with Crippen LogP contribution in [0.15, 0.2) is 36.5 Å². The molecule has 5 heteroatoms. The fraction of sp³-hybridized carbons (Fsp3) is 0.577. The summed E-state index contributed by atoms with van der Waals surface area (Å²) in [5.74, 6) is 0. The van der Waals surface area contributed by atoms with E-state index in [2.05, 4.69) is 64.3 Å². The van der Waals surface area contributed by atoms with Crippen LogP contribution in [0.1, 0.15) is 48.2 Å². The Morgan fingerprint density at radius 3 is 2.77 bits per heavy atom. The van der Waals surface area contributed by atoms with E-state index in [1.807, 2.05) is 6.20 Å². The van der Waals surface area contributed by atoms with Crippen LogP contribution in [-0.2, 0) is 19.4 Å². The monoisotopic (exact) mass is 419 g/mol. The molecule has 5 rings (SSSR count). The Hall–Kier alpha value is -1.95. The van der Waals surface area contributed by atoms with Gasteiger partial charge in [-0.1, -0.05) is 25.1 Å². The number of nitrogens with zero attached hydrogens (tertiary/aromatic N) is 4. The molecule has 0 amide bonds. The number of benzene rings is 1. The number of likely N-dealkylation sites (N-methyl/N-ethyl adjacent to an activating group) is 2. The first kappa shape index (κ1) is 20.9. The van der Waals surface area contributed by atoms with E-state index in [9.17, 15) is 0 Å². The normalized spacial score (nSPS) is 24.2. The molecule has 3 heterocycles. The van der Waals surface area contributed by atoms with Crippen LogP contribution >= 0.6 is 0 Å². The van der Waals surface area contributed by atoms with Gasteiger partial charge in [0.05, 0.1) is 11.7 Å². The van der Waals surface area contributed by atoms with Gasteiger partial charge in [-0.2, -0.15) is 0 Å². The van der Waals surface area contributed by atoms with E-state index in [1.165, 1.54) is 54.9 Å². The largest absolute Gasteiger partial charge is 0.369 e. The number of hydrogen-bond acceptors (Lipinski definition) is 5. The molecule has 166 valence electrons. The highest BCUT2D eigenvalue weighted by molar-refractivity contribution is 5.58. The first-order valence-electron chi connectivity index (χ1n) is 12.2. The Bertz CT molecular complexity index is 889. The van der Waals surface area contributed by atoms with Crippen molar-refractivity contribution in [1.29, 1.82) is 0 Å². The summed E-state index contributed by atoms with van der Waals surface area (Å²) in [4.78, 5) is 12.5. The van der Waals surface area contributed by atoms with Gasteiger partial charge < -0.3 is 15.1 Å². The number of rotatable bonds is 5. The molecule has 0 radical (unpaired) electrons. The second-order valence-electron chi connectivity index (χ2n) is 9.51. The van der Waals surface area contributed by atoms with Gasteiger partial charge in [0.25, 0.3) is 0 Å². The molecular formula is C26H37N5. The van der Waals surface area contributed by atoms with E-state index in [0.29, 0.717) is 12.1 Å². The van der Waals surface area contributed by atoms with Gasteiger partial charge in [0.1, 0.15) is 0 Å². The summed E-state index contributed by atoms with van der Waals surface area (Å²) >= 11 is 0. The number of pyridine rings is 1. The van der Waals surface area contributed by atoms with Crippen molar-refractivity contribution in [2.75, 3.05) is 51.2 Å². The summed E-state index contributed by atoms with van der Waals surface area (Å²) < 4.78 is 0. The van der Waals surface area contributed by atoms with Crippen molar-refractivity contribution in [3.05, 3.63) is 58.9 Å². The zero-order valence-corrected chi connectivity index (χ0v) is 19.2. The molecule has 1 fully saturated rings. The number of anilines is 1. The highest BCUT2D eigenvalue weighted by Gasteiger charge is 2.29. The predicted octanol–water partition coefficient (Wildman–Crippen LogP) is 3.25. The van der Waals surface area contributed by atoms with E-state index >= 15 is 0 Å². The van der Waals surface area contributed by atoms with Crippen LogP contribution in [0.4, 0.5) is 5.69 Å². The first-order valence-corrected chi connectivity index (χ1v) is 12.2. The molecule has 0 spiro atoms. The molecule has 2 aliphatic heterocycles. The predicted molar refractivity (Wildman–Crippen MR) is 128 cm³/mol. The maximum Gasteiger partial charge on any atom is 0.0607 e. The van der Waals surface area contributed by atoms with Crippen LogP contribution in [0.5, 0.6) is 0 Å². The number of piperazine rings is 1. The van der Waals surface area contributed by atoms with E-state index in [4.69, 9.17) is 4.98 Å². The SMILES string of the molecule is CCN1CCN(c2cccc3c2C[C@H](CN(C)[C@H]2CCCc4cccnc42)NC3)CC1. The summed E-state index contributed by atoms with van der Waals surface area (Å²) in [5.41, 5.74) is 7.29. The molecule has 5 nitrogen and oxygen atoms in total. The van der Waals surface area contributed by atoms with Gasteiger partial charge in [-0.05, 0) is 68.1 Å². The molecule has 3 aliphatic rings. The van der Waals surface area contributed by atoms with Gasteiger partial charge in [0, 0.05) is 57.2 Å². The molecule has 2 atom stereocenters. The zero-order chi connectivity index (χ0) is 21.2. The molecule has 0 unspecified atom stereocenters. The van der Waals surface area contributed by atoms with Crippen LogP contribution in [0.25, 0.3) is 0 Å². The molecule has 0 saturated carbocycles. The highest BCUT2D eigenvalue weighted by Crippen LogP contribution is 2.33. The smallest absolute Gasteiger partial charge is 0.0607 e. The lowest BCUT2D eigenvalue weighted by molar-refractivity contribution is 0.191. The quantitative estimate of drug-likeness (QED) is 0.805. The lowest BCUT2D eigenvalue weighted by Gasteiger charge is -2.39. The minimum Gasteiger partial charge on any atom is -0.369 e.